The van der Waals surface area contributed by atoms with Crippen LogP contribution in [0.15, 0.2) is 40.3 Å². The van der Waals surface area contributed by atoms with E-state index in [9.17, 15) is 21.6 Å². The molecule has 1 aliphatic carbocycles. The molecule has 0 bridgehead atoms. The van der Waals surface area contributed by atoms with E-state index in [2.05, 4.69) is 9.82 Å². The number of nitrogens with zero attached hydrogens (tertiary/aromatic N) is 2. The topological polar surface area (TPSA) is 127 Å². The Morgan fingerprint density at radius 3 is 2.13 bits per heavy atom. The van der Waals surface area contributed by atoms with Gasteiger partial charge < -0.3 is 0 Å². The van der Waals surface area contributed by atoms with Gasteiger partial charge in [-0.25, -0.2) is 21.6 Å². The Labute approximate surface area is 183 Å². The highest BCUT2D eigenvalue weighted by atomic mass is 32.2. The first-order chi connectivity index (χ1) is 14.3. The van der Waals surface area contributed by atoms with E-state index in [1.54, 1.807) is 10.9 Å². The second-order valence-electron chi connectivity index (χ2n) is 8.80. The summed E-state index contributed by atoms with van der Waals surface area (Å²) >= 11 is 0. The Hall–Kier alpha value is -2.40. The average molecular weight is 469 g/mol. The van der Waals surface area contributed by atoms with Crippen molar-refractivity contribution < 1.29 is 21.6 Å². The van der Waals surface area contributed by atoms with Crippen LogP contribution in [0, 0.1) is 0 Å². The average Bonchev–Trinajstić information content (AvgIpc) is 3.30. The molecule has 170 valence electrons. The van der Waals surface area contributed by atoms with Gasteiger partial charge in [0.2, 0.25) is 5.91 Å². The zero-order valence-electron chi connectivity index (χ0n) is 18.0. The molecule has 3 rings (SSSR count). The van der Waals surface area contributed by atoms with Crippen LogP contribution in [0.5, 0.6) is 0 Å². The maximum atomic E-state index is 13.2. The van der Waals surface area contributed by atoms with Gasteiger partial charge in [-0.15, -0.1) is 0 Å². The molecule has 0 spiro atoms. The molecular formula is C20H28N4O5S2. The van der Waals surface area contributed by atoms with Crippen molar-refractivity contribution in [3.05, 3.63) is 36.2 Å². The largest absolute Gasteiger partial charge is 0.280 e. The number of carbonyl (C=O) groups excluding carboxylic acids is 1. The van der Waals surface area contributed by atoms with E-state index in [-0.39, 0.29) is 21.5 Å². The first kappa shape index (κ1) is 23.3. The van der Waals surface area contributed by atoms with E-state index in [1.807, 2.05) is 25.5 Å². The maximum Gasteiger partial charge on any atom is 0.265 e. The van der Waals surface area contributed by atoms with Crippen LogP contribution in [0.3, 0.4) is 0 Å². The number of sulfonamides is 2. The highest BCUT2D eigenvalue weighted by molar-refractivity contribution is 7.92. The Balaban J connectivity index is 1.91. The van der Waals surface area contributed by atoms with Gasteiger partial charge in [0.25, 0.3) is 20.0 Å². The van der Waals surface area contributed by atoms with Crippen LogP contribution < -0.4 is 9.44 Å². The van der Waals surface area contributed by atoms with Crippen molar-refractivity contribution >= 4 is 31.6 Å². The van der Waals surface area contributed by atoms with Gasteiger partial charge in [0.1, 0.15) is 4.90 Å². The second-order valence-corrected chi connectivity index (χ2v) is 12.1. The molecule has 0 atom stereocenters. The molecule has 0 aliphatic heterocycles. The molecule has 1 saturated carbocycles. The number of hydrogen-bond donors (Lipinski definition) is 2. The number of hydrogen-bond acceptors (Lipinski definition) is 6. The summed E-state index contributed by atoms with van der Waals surface area (Å²) in [5.41, 5.74) is 0.205. The van der Waals surface area contributed by atoms with Crippen LogP contribution in [-0.2, 0) is 30.3 Å². The Morgan fingerprint density at radius 2 is 1.61 bits per heavy atom. The highest BCUT2D eigenvalue weighted by Gasteiger charge is 2.32. The normalized spacial score (nSPS) is 15.7. The summed E-state index contributed by atoms with van der Waals surface area (Å²) in [5, 5.41) is 4.62. The Kier molecular flexibility index (Phi) is 6.21. The van der Waals surface area contributed by atoms with E-state index >= 15 is 0 Å². The minimum Gasteiger partial charge on any atom is -0.280 e. The van der Waals surface area contributed by atoms with Crippen LogP contribution >= 0.6 is 0 Å². The summed E-state index contributed by atoms with van der Waals surface area (Å²) in [5.74, 6) is -0.709. The second kappa shape index (κ2) is 8.27. The number of aromatic nitrogens is 2. The van der Waals surface area contributed by atoms with Crippen molar-refractivity contribution in [1.82, 2.24) is 14.5 Å². The Bertz CT molecular complexity index is 1170. The summed E-state index contributed by atoms with van der Waals surface area (Å²) < 4.78 is 56.6. The molecule has 1 amide bonds. The van der Waals surface area contributed by atoms with Crippen molar-refractivity contribution in [2.75, 3.05) is 4.72 Å². The predicted octanol–water partition coefficient (Wildman–Crippen LogP) is 2.92. The van der Waals surface area contributed by atoms with Crippen molar-refractivity contribution in [3.8, 4) is 0 Å². The van der Waals surface area contributed by atoms with Crippen molar-refractivity contribution in [2.24, 2.45) is 0 Å². The first-order valence-electron chi connectivity index (χ1n) is 10.1. The Morgan fingerprint density at radius 1 is 1.03 bits per heavy atom. The monoisotopic (exact) mass is 468 g/mol. The molecule has 0 unspecified atom stereocenters. The molecule has 9 nitrogen and oxygen atoms in total. The van der Waals surface area contributed by atoms with Gasteiger partial charge in [-0.3, -0.25) is 14.2 Å². The molecule has 31 heavy (non-hydrogen) atoms. The van der Waals surface area contributed by atoms with Gasteiger partial charge in [-0.1, -0.05) is 33.6 Å². The van der Waals surface area contributed by atoms with Gasteiger partial charge >= 0.3 is 0 Å². The molecule has 1 aromatic heterocycles. The molecule has 0 saturated heterocycles. The predicted molar refractivity (Wildman–Crippen MR) is 117 cm³/mol. The van der Waals surface area contributed by atoms with Gasteiger partial charge in [-0.2, -0.15) is 5.10 Å². The number of amides is 1. The van der Waals surface area contributed by atoms with Crippen LogP contribution in [0.4, 0.5) is 5.69 Å². The van der Waals surface area contributed by atoms with Gasteiger partial charge in [0, 0.05) is 24.2 Å². The fourth-order valence-electron chi connectivity index (χ4n) is 3.61. The highest BCUT2D eigenvalue weighted by Crippen LogP contribution is 2.34. The third-order valence-corrected chi connectivity index (χ3v) is 7.92. The van der Waals surface area contributed by atoms with Gasteiger partial charge in [0.05, 0.1) is 16.6 Å². The third-order valence-electron chi connectivity index (χ3n) is 5.09. The number of anilines is 1. The van der Waals surface area contributed by atoms with Crippen LogP contribution in [-0.4, -0.2) is 32.5 Å². The summed E-state index contributed by atoms with van der Waals surface area (Å²) in [7, 11) is -7.95. The zero-order valence-corrected chi connectivity index (χ0v) is 19.7. The molecule has 1 heterocycles. The summed E-state index contributed by atoms with van der Waals surface area (Å²) in [6.07, 6.45) is 5.74. The maximum absolute atomic E-state index is 13.2. The summed E-state index contributed by atoms with van der Waals surface area (Å²) in [6.45, 7) is 6.83. The lowest BCUT2D eigenvalue weighted by Crippen LogP contribution is -2.28. The molecule has 1 fully saturated rings. The van der Waals surface area contributed by atoms with E-state index in [0.717, 1.165) is 32.6 Å². The fourth-order valence-corrected chi connectivity index (χ4v) is 6.00. The number of benzene rings is 1. The minimum absolute atomic E-state index is 0.113. The third kappa shape index (κ3) is 5.27. The molecule has 1 aliphatic rings. The van der Waals surface area contributed by atoms with Crippen molar-refractivity contribution in [2.45, 2.75) is 74.6 Å². The SMILES string of the molecule is CC(=O)NS(=O)(=O)c1ccc(NS(=O)(=O)c2cn(C3CCCC3)nc2C(C)(C)C)cc1. The molecule has 11 heteroatoms. The van der Waals surface area contributed by atoms with Crippen LogP contribution in [0.25, 0.3) is 0 Å². The number of nitrogens with one attached hydrogen (secondary N) is 2. The number of carbonyl (C=O) groups is 1. The fraction of sp³-hybridized carbons (Fsp3) is 0.500. The van der Waals surface area contributed by atoms with Crippen LogP contribution in [0.1, 0.15) is 65.1 Å². The van der Waals surface area contributed by atoms with Crippen LogP contribution in [0.2, 0.25) is 0 Å². The number of rotatable bonds is 6. The van der Waals surface area contributed by atoms with E-state index in [1.165, 1.54) is 24.3 Å². The summed E-state index contributed by atoms with van der Waals surface area (Å²) in [6, 6.07) is 5.34. The zero-order chi connectivity index (χ0) is 23.0. The molecule has 2 N–H and O–H groups in total. The standard InChI is InChI=1S/C20H28N4O5S2/c1-14(25)22-30(26,27)17-11-9-15(10-12-17)23-31(28,29)18-13-24(16-7-5-6-8-16)21-19(18)20(2,3)4/h9-13,16,23H,5-8H2,1-4H3,(H,22,25). The van der Waals surface area contributed by atoms with E-state index < -0.39 is 31.4 Å². The lowest BCUT2D eigenvalue weighted by molar-refractivity contribution is -0.117. The quantitative estimate of drug-likeness (QED) is 0.671. The minimum atomic E-state index is -3.99. The van der Waals surface area contributed by atoms with Crippen molar-refractivity contribution in [1.29, 1.82) is 0 Å². The van der Waals surface area contributed by atoms with Gasteiger partial charge in [-0.05, 0) is 37.1 Å². The lowest BCUT2D eigenvalue weighted by Gasteiger charge is -2.18. The molecule has 0 radical (unpaired) electrons. The molecule has 2 aromatic rings. The smallest absolute Gasteiger partial charge is 0.265 e. The van der Waals surface area contributed by atoms with E-state index in [4.69, 9.17) is 0 Å². The summed E-state index contributed by atoms with van der Waals surface area (Å²) in [4.78, 5) is 11.0. The first-order valence-corrected chi connectivity index (χ1v) is 13.0. The van der Waals surface area contributed by atoms with Gasteiger partial charge in [0.15, 0.2) is 0 Å². The lowest BCUT2D eigenvalue weighted by atomic mass is 9.92. The van der Waals surface area contributed by atoms with E-state index in [0.29, 0.717) is 5.69 Å². The molecular weight excluding hydrogens is 440 g/mol. The molecule has 1 aromatic carbocycles. The van der Waals surface area contributed by atoms with Crippen molar-refractivity contribution in [3.63, 3.8) is 0 Å².